The molecule has 18 heavy (non-hydrogen) atoms. The van der Waals surface area contributed by atoms with Crippen LogP contribution in [0.3, 0.4) is 0 Å². The lowest BCUT2D eigenvalue weighted by atomic mass is 10.1. The molecule has 0 aliphatic carbocycles. The summed E-state index contributed by atoms with van der Waals surface area (Å²) in [7, 11) is 0. The van der Waals surface area contributed by atoms with Crippen molar-refractivity contribution in [3.05, 3.63) is 38.3 Å². The largest absolute Gasteiger partial charge is 0.480 e. The Kier molecular flexibility index (Phi) is 3.88. The third kappa shape index (κ3) is 2.65. The number of hydrogen-bond donors (Lipinski definition) is 2. The molecule has 96 valence electrons. The van der Waals surface area contributed by atoms with Crippen LogP contribution in [-0.2, 0) is 4.79 Å². The number of nitrogens with zero attached hydrogens (tertiary/aromatic N) is 1. The highest BCUT2D eigenvalue weighted by Gasteiger charge is 2.33. The van der Waals surface area contributed by atoms with Gasteiger partial charge in [0.1, 0.15) is 6.04 Å². The quantitative estimate of drug-likeness (QED) is 0.650. The van der Waals surface area contributed by atoms with Crippen molar-refractivity contribution in [2.45, 2.75) is 11.4 Å². The lowest BCUT2D eigenvalue weighted by Crippen LogP contribution is -2.33. The second-order valence-corrected chi connectivity index (χ2v) is 5.78. The van der Waals surface area contributed by atoms with Gasteiger partial charge in [-0.05, 0) is 12.1 Å². The fourth-order valence-electron chi connectivity index (χ4n) is 1.69. The monoisotopic (exact) mass is 332 g/mol. The van der Waals surface area contributed by atoms with Crippen LogP contribution in [0.15, 0.2) is 22.7 Å². The highest BCUT2D eigenvalue weighted by molar-refractivity contribution is 9.10. The van der Waals surface area contributed by atoms with Crippen molar-refractivity contribution in [2.75, 3.05) is 5.75 Å². The van der Waals surface area contributed by atoms with E-state index >= 15 is 0 Å². The van der Waals surface area contributed by atoms with Gasteiger partial charge in [0.25, 0.3) is 5.69 Å². The predicted octanol–water partition coefficient (Wildman–Crippen LogP) is 2.15. The summed E-state index contributed by atoms with van der Waals surface area (Å²) in [6.45, 7) is 0. The minimum absolute atomic E-state index is 0.0135. The van der Waals surface area contributed by atoms with Crippen molar-refractivity contribution >= 4 is 39.3 Å². The molecule has 2 rings (SSSR count). The lowest BCUT2D eigenvalue weighted by Gasteiger charge is -2.11. The Bertz CT molecular complexity index is 511. The summed E-state index contributed by atoms with van der Waals surface area (Å²) in [6, 6.07) is 4.10. The van der Waals surface area contributed by atoms with E-state index in [4.69, 9.17) is 5.11 Å². The van der Waals surface area contributed by atoms with Gasteiger partial charge in [-0.2, -0.15) is 0 Å². The number of aliphatic carboxylic acids is 1. The molecule has 1 aliphatic rings. The zero-order valence-corrected chi connectivity index (χ0v) is 11.4. The third-order valence-corrected chi connectivity index (χ3v) is 4.29. The van der Waals surface area contributed by atoms with E-state index < -0.39 is 16.9 Å². The first-order valence-corrected chi connectivity index (χ1v) is 6.87. The van der Waals surface area contributed by atoms with Gasteiger partial charge in [0.05, 0.1) is 15.9 Å². The highest BCUT2D eigenvalue weighted by Crippen LogP contribution is 2.38. The van der Waals surface area contributed by atoms with Gasteiger partial charge in [0, 0.05) is 16.3 Å². The van der Waals surface area contributed by atoms with Crippen LogP contribution in [0.5, 0.6) is 0 Å². The number of nitro benzene ring substituents is 1. The Balaban J connectivity index is 2.29. The number of halogens is 1. The molecular formula is C10H9BrN2O4S. The highest BCUT2D eigenvalue weighted by atomic mass is 79.9. The zero-order chi connectivity index (χ0) is 13.3. The van der Waals surface area contributed by atoms with Gasteiger partial charge in [0.15, 0.2) is 0 Å². The molecule has 2 atom stereocenters. The summed E-state index contributed by atoms with van der Waals surface area (Å²) in [5, 5.41) is 22.4. The zero-order valence-electron chi connectivity index (χ0n) is 9.00. The van der Waals surface area contributed by atoms with Crippen molar-refractivity contribution < 1.29 is 14.8 Å². The summed E-state index contributed by atoms with van der Waals surface area (Å²) in [4.78, 5) is 21.3. The number of benzene rings is 1. The molecule has 1 aromatic carbocycles. The van der Waals surface area contributed by atoms with E-state index in [9.17, 15) is 14.9 Å². The fourth-order valence-corrected chi connectivity index (χ4v) is 3.30. The Morgan fingerprint density at radius 1 is 1.61 bits per heavy atom. The van der Waals surface area contributed by atoms with Gasteiger partial charge in [0.2, 0.25) is 0 Å². The van der Waals surface area contributed by atoms with Crippen molar-refractivity contribution in [3.63, 3.8) is 0 Å². The Labute approximate surface area is 115 Å². The van der Waals surface area contributed by atoms with Crippen molar-refractivity contribution in [1.82, 2.24) is 5.32 Å². The molecule has 6 nitrogen and oxygen atoms in total. The summed E-state index contributed by atoms with van der Waals surface area (Å²) < 4.78 is 0.621. The first-order chi connectivity index (χ1) is 8.49. The van der Waals surface area contributed by atoms with E-state index in [1.807, 2.05) is 0 Å². The first-order valence-electron chi connectivity index (χ1n) is 5.03. The predicted molar refractivity (Wildman–Crippen MR) is 70.6 cm³/mol. The molecular weight excluding hydrogens is 324 g/mol. The van der Waals surface area contributed by atoms with Gasteiger partial charge in [-0.15, -0.1) is 11.8 Å². The molecule has 1 saturated heterocycles. The second kappa shape index (κ2) is 5.25. The number of carbonyl (C=O) groups is 1. The summed E-state index contributed by atoms with van der Waals surface area (Å²) in [5.74, 6) is -0.544. The molecule has 0 aromatic heterocycles. The number of carboxylic acid groups (broad SMARTS) is 1. The number of hydrogen-bond acceptors (Lipinski definition) is 5. The molecule has 1 heterocycles. The van der Waals surface area contributed by atoms with Crippen molar-refractivity contribution in [3.8, 4) is 0 Å². The SMILES string of the molecule is O=C(O)[C@@H]1CSC(c2ccc(Br)cc2[N+](=O)[O-])N1. The molecule has 2 N–H and O–H groups in total. The Morgan fingerprint density at radius 3 is 2.89 bits per heavy atom. The summed E-state index contributed by atoms with van der Waals surface area (Å²) in [5.41, 5.74) is 0.484. The number of thioether (sulfide) groups is 1. The first kappa shape index (κ1) is 13.3. The minimum Gasteiger partial charge on any atom is -0.480 e. The average Bonchev–Trinajstić information content (AvgIpc) is 2.78. The van der Waals surface area contributed by atoms with E-state index in [1.165, 1.54) is 17.8 Å². The van der Waals surface area contributed by atoms with Crippen LogP contribution in [-0.4, -0.2) is 27.8 Å². The maximum atomic E-state index is 11.0. The molecule has 1 fully saturated rings. The Morgan fingerprint density at radius 2 is 2.33 bits per heavy atom. The van der Waals surface area contributed by atoms with E-state index in [1.54, 1.807) is 12.1 Å². The minimum atomic E-state index is -0.940. The van der Waals surface area contributed by atoms with Gasteiger partial charge in [-0.1, -0.05) is 15.9 Å². The molecule has 0 bridgehead atoms. The molecule has 1 aliphatic heterocycles. The second-order valence-electron chi connectivity index (χ2n) is 3.73. The molecule has 8 heteroatoms. The number of carboxylic acids is 1. The van der Waals surface area contributed by atoms with Gasteiger partial charge < -0.3 is 5.11 Å². The van der Waals surface area contributed by atoms with Crippen molar-refractivity contribution in [2.24, 2.45) is 0 Å². The van der Waals surface area contributed by atoms with Crippen LogP contribution in [0.1, 0.15) is 10.9 Å². The average molecular weight is 333 g/mol. The standard InChI is InChI=1S/C10H9BrN2O4S/c11-5-1-2-6(8(3-5)13(16)17)9-12-7(4-18-9)10(14)15/h1-3,7,9,12H,4H2,(H,14,15)/t7-,9?/m0/s1. The molecule has 0 spiro atoms. The van der Waals surface area contributed by atoms with E-state index in [-0.39, 0.29) is 11.1 Å². The van der Waals surface area contributed by atoms with Crippen LogP contribution in [0.2, 0.25) is 0 Å². The van der Waals surface area contributed by atoms with Gasteiger partial charge in [-0.3, -0.25) is 20.2 Å². The Hall–Kier alpha value is -1.12. The topological polar surface area (TPSA) is 92.5 Å². The normalized spacial score (nSPS) is 22.9. The smallest absolute Gasteiger partial charge is 0.321 e. The molecule has 0 radical (unpaired) electrons. The van der Waals surface area contributed by atoms with E-state index in [0.29, 0.717) is 15.8 Å². The summed E-state index contributed by atoms with van der Waals surface area (Å²) >= 11 is 4.54. The van der Waals surface area contributed by atoms with Gasteiger partial charge in [-0.25, -0.2) is 0 Å². The lowest BCUT2D eigenvalue weighted by molar-refractivity contribution is -0.385. The van der Waals surface area contributed by atoms with Crippen LogP contribution in [0, 0.1) is 10.1 Å². The molecule has 1 aromatic rings. The molecule has 0 saturated carbocycles. The maximum absolute atomic E-state index is 11.0. The number of nitrogens with one attached hydrogen (secondary N) is 1. The van der Waals surface area contributed by atoms with Crippen LogP contribution in [0.25, 0.3) is 0 Å². The number of nitro groups is 1. The summed E-state index contributed by atoms with van der Waals surface area (Å²) in [6.07, 6.45) is 0. The maximum Gasteiger partial charge on any atom is 0.321 e. The number of rotatable bonds is 3. The van der Waals surface area contributed by atoms with E-state index in [0.717, 1.165) is 0 Å². The van der Waals surface area contributed by atoms with Crippen molar-refractivity contribution in [1.29, 1.82) is 0 Å². The fraction of sp³-hybridized carbons (Fsp3) is 0.300. The molecule has 0 amide bonds. The van der Waals surface area contributed by atoms with E-state index in [2.05, 4.69) is 21.2 Å². The van der Waals surface area contributed by atoms with Crippen LogP contribution in [0.4, 0.5) is 5.69 Å². The van der Waals surface area contributed by atoms with Crippen LogP contribution < -0.4 is 5.32 Å². The van der Waals surface area contributed by atoms with Crippen LogP contribution >= 0.6 is 27.7 Å². The molecule has 1 unspecified atom stereocenters. The van der Waals surface area contributed by atoms with Gasteiger partial charge >= 0.3 is 5.97 Å². The third-order valence-electron chi connectivity index (χ3n) is 2.55.